The van der Waals surface area contributed by atoms with Gasteiger partial charge in [0.2, 0.25) is 0 Å². The van der Waals surface area contributed by atoms with Crippen molar-refractivity contribution in [3.8, 4) is 0 Å². The SMILES string of the molecule is O=C(O)[C@@H]1CC(O)CN1.O=C(O)[C@@H]1CCCN1.O=C(O)[C@H]1NCCC1O. The quantitative estimate of drug-likeness (QED) is 0.258. The molecule has 0 aromatic carbocycles. The van der Waals surface area contributed by atoms with Crippen molar-refractivity contribution >= 4 is 17.9 Å². The molecule has 0 spiro atoms. The highest BCUT2D eigenvalue weighted by atomic mass is 16.4. The molecule has 0 bridgehead atoms. The summed E-state index contributed by atoms with van der Waals surface area (Å²) in [6.07, 6.45) is 1.46. The number of aliphatic hydroxyl groups is 2. The molecule has 3 aliphatic rings. The van der Waals surface area contributed by atoms with Gasteiger partial charge in [0.15, 0.2) is 0 Å². The predicted octanol–water partition coefficient (Wildman–Crippen LogP) is -2.59. The highest BCUT2D eigenvalue weighted by molar-refractivity contribution is 5.75. The molecule has 3 saturated heterocycles. The van der Waals surface area contributed by atoms with Gasteiger partial charge in [0.05, 0.1) is 12.2 Å². The van der Waals surface area contributed by atoms with Crippen molar-refractivity contribution in [1.82, 2.24) is 16.0 Å². The van der Waals surface area contributed by atoms with E-state index >= 15 is 0 Å². The Morgan fingerprint density at radius 2 is 1.42 bits per heavy atom. The number of nitrogens with one attached hydrogen (secondary N) is 3. The molecule has 5 atom stereocenters. The second-order valence-electron chi connectivity index (χ2n) is 6.30. The molecule has 0 radical (unpaired) electrons. The summed E-state index contributed by atoms with van der Waals surface area (Å²) < 4.78 is 0. The third-order valence-corrected chi connectivity index (χ3v) is 4.22. The van der Waals surface area contributed by atoms with Crippen molar-refractivity contribution in [2.45, 2.75) is 56.0 Å². The molecular weight excluding hydrogens is 350 g/mol. The van der Waals surface area contributed by atoms with Crippen LogP contribution in [0.1, 0.15) is 25.7 Å². The number of carboxylic acids is 3. The van der Waals surface area contributed by atoms with Crippen LogP contribution in [0.3, 0.4) is 0 Å². The van der Waals surface area contributed by atoms with Crippen LogP contribution in [0.15, 0.2) is 0 Å². The van der Waals surface area contributed by atoms with Gasteiger partial charge < -0.3 is 41.5 Å². The van der Waals surface area contributed by atoms with Gasteiger partial charge in [-0.25, -0.2) is 0 Å². The predicted molar refractivity (Wildman–Crippen MR) is 88.8 cm³/mol. The molecule has 3 aliphatic heterocycles. The molecule has 0 aromatic heterocycles. The first kappa shape index (κ1) is 22.3. The number of β-amino-alcohol motifs (C(OH)–C–C–N with tert-alkyl or cyclic N) is 1. The molecule has 0 saturated carbocycles. The van der Waals surface area contributed by atoms with E-state index in [4.69, 9.17) is 25.5 Å². The maximum atomic E-state index is 10.2. The average molecular weight is 377 g/mol. The van der Waals surface area contributed by atoms with E-state index in [-0.39, 0.29) is 6.04 Å². The first-order valence-corrected chi connectivity index (χ1v) is 8.47. The van der Waals surface area contributed by atoms with Gasteiger partial charge in [0, 0.05) is 13.0 Å². The molecule has 26 heavy (non-hydrogen) atoms. The molecular formula is C15H27N3O8. The van der Waals surface area contributed by atoms with Crippen LogP contribution in [-0.4, -0.2) is 93.4 Å². The lowest BCUT2D eigenvalue weighted by Crippen LogP contribution is -2.38. The van der Waals surface area contributed by atoms with Gasteiger partial charge in [-0.3, -0.25) is 14.4 Å². The molecule has 0 amide bonds. The summed E-state index contributed by atoms with van der Waals surface area (Å²) in [5.74, 6) is -2.57. The summed E-state index contributed by atoms with van der Waals surface area (Å²) in [7, 11) is 0. The average Bonchev–Trinajstić information content (AvgIpc) is 3.28. The standard InChI is InChI=1S/2C5H9NO3.C5H9NO2/c7-3-1-4(5(8)9)6-2-3;7-3-1-2-6-4(3)5(8)9;7-5(8)4-2-1-3-6-4/h2*3-4,6-7H,1-2H2,(H,8,9);4,6H,1-3H2,(H,7,8)/t2*3?,4-;4-/m000/s1. The molecule has 3 fully saturated rings. The largest absolute Gasteiger partial charge is 0.480 e. The lowest BCUT2D eigenvalue weighted by molar-refractivity contribution is -0.141. The Morgan fingerprint density at radius 3 is 1.65 bits per heavy atom. The summed E-state index contributed by atoms with van der Waals surface area (Å²) in [5, 5.41) is 51.0. The van der Waals surface area contributed by atoms with Crippen LogP contribution in [0, 0.1) is 0 Å². The van der Waals surface area contributed by atoms with Gasteiger partial charge in [-0.1, -0.05) is 0 Å². The van der Waals surface area contributed by atoms with E-state index in [9.17, 15) is 14.4 Å². The molecule has 3 heterocycles. The molecule has 8 N–H and O–H groups in total. The Morgan fingerprint density at radius 1 is 0.769 bits per heavy atom. The Bertz CT molecular complexity index is 484. The maximum Gasteiger partial charge on any atom is 0.323 e. The third-order valence-electron chi connectivity index (χ3n) is 4.22. The van der Waals surface area contributed by atoms with Gasteiger partial charge in [-0.05, 0) is 32.4 Å². The molecule has 150 valence electrons. The van der Waals surface area contributed by atoms with Crippen LogP contribution in [0.5, 0.6) is 0 Å². The van der Waals surface area contributed by atoms with E-state index in [0.717, 1.165) is 19.4 Å². The van der Waals surface area contributed by atoms with Crippen molar-refractivity contribution in [1.29, 1.82) is 0 Å². The molecule has 0 aliphatic carbocycles. The van der Waals surface area contributed by atoms with Crippen LogP contribution in [0.4, 0.5) is 0 Å². The fourth-order valence-electron chi connectivity index (χ4n) is 2.74. The van der Waals surface area contributed by atoms with Crippen LogP contribution in [0.2, 0.25) is 0 Å². The number of carboxylic acid groups (broad SMARTS) is 3. The molecule has 3 rings (SSSR count). The Balaban J connectivity index is 0.000000195. The zero-order valence-corrected chi connectivity index (χ0v) is 14.3. The smallest absolute Gasteiger partial charge is 0.323 e. The van der Waals surface area contributed by atoms with Crippen LogP contribution < -0.4 is 16.0 Å². The summed E-state index contributed by atoms with van der Waals surface area (Å²) in [6, 6.07) is -1.56. The lowest BCUT2D eigenvalue weighted by Gasteiger charge is -2.06. The highest BCUT2D eigenvalue weighted by Gasteiger charge is 2.30. The number of aliphatic hydroxyl groups excluding tert-OH is 2. The highest BCUT2D eigenvalue weighted by Crippen LogP contribution is 2.06. The van der Waals surface area contributed by atoms with Crippen molar-refractivity contribution in [2.24, 2.45) is 0 Å². The molecule has 0 aromatic rings. The maximum absolute atomic E-state index is 10.2. The second kappa shape index (κ2) is 11.0. The first-order valence-electron chi connectivity index (χ1n) is 8.47. The van der Waals surface area contributed by atoms with Gasteiger partial charge in [0.1, 0.15) is 18.1 Å². The number of aliphatic carboxylic acids is 3. The number of hydrogen-bond donors (Lipinski definition) is 8. The zero-order chi connectivity index (χ0) is 19.7. The molecule has 2 unspecified atom stereocenters. The number of carbonyl (C=O) groups is 3. The van der Waals surface area contributed by atoms with Crippen LogP contribution in [-0.2, 0) is 14.4 Å². The summed E-state index contributed by atoms with van der Waals surface area (Å²) in [6.45, 7) is 1.85. The van der Waals surface area contributed by atoms with Gasteiger partial charge >= 0.3 is 17.9 Å². The van der Waals surface area contributed by atoms with Gasteiger partial charge in [-0.15, -0.1) is 0 Å². The Labute approximate surface area is 150 Å². The zero-order valence-electron chi connectivity index (χ0n) is 14.3. The van der Waals surface area contributed by atoms with Crippen molar-refractivity contribution in [3.05, 3.63) is 0 Å². The monoisotopic (exact) mass is 377 g/mol. The van der Waals surface area contributed by atoms with E-state index < -0.39 is 42.2 Å². The van der Waals surface area contributed by atoms with E-state index in [0.29, 0.717) is 25.9 Å². The Kier molecular flexibility index (Phi) is 9.44. The second-order valence-corrected chi connectivity index (χ2v) is 6.30. The number of rotatable bonds is 3. The first-order chi connectivity index (χ1) is 12.2. The van der Waals surface area contributed by atoms with Crippen molar-refractivity contribution in [3.63, 3.8) is 0 Å². The van der Waals surface area contributed by atoms with Crippen molar-refractivity contribution < 1.29 is 39.9 Å². The van der Waals surface area contributed by atoms with E-state index in [1.165, 1.54) is 0 Å². The van der Waals surface area contributed by atoms with Crippen LogP contribution >= 0.6 is 0 Å². The minimum absolute atomic E-state index is 0.269. The number of hydrogen-bond acceptors (Lipinski definition) is 8. The van der Waals surface area contributed by atoms with E-state index in [1.807, 2.05) is 0 Å². The third kappa shape index (κ3) is 7.62. The summed E-state index contributed by atoms with van der Waals surface area (Å²) in [4.78, 5) is 30.5. The molecule has 11 heteroatoms. The minimum Gasteiger partial charge on any atom is -0.480 e. The molecule has 11 nitrogen and oxygen atoms in total. The minimum atomic E-state index is -0.972. The fraction of sp³-hybridized carbons (Fsp3) is 0.800. The van der Waals surface area contributed by atoms with Gasteiger partial charge in [0.25, 0.3) is 0 Å². The normalized spacial score (nSPS) is 32.8. The fourth-order valence-corrected chi connectivity index (χ4v) is 2.74. The van der Waals surface area contributed by atoms with E-state index in [2.05, 4.69) is 16.0 Å². The summed E-state index contributed by atoms with van der Waals surface area (Å²) >= 11 is 0. The van der Waals surface area contributed by atoms with Crippen molar-refractivity contribution in [2.75, 3.05) is 19.6 Å². The topological polar surface area (TPSA) is 188 Å². The van der Waals surface area contributed by atoms with Gasteiger partial charge in [-0.2, -0.15) is 0 Å². The van der Waals surface area contributed by atoms with E-state index in [1.54, 1.807) is 0 Å². The Hall–Kier alpha value is -1.79. The lowest BCUT2D eigenvalue weighted by atomic mass is 10.2. The summed E-state index contributed by atoms with van der Waals surface area (Å²) in [5.41, 5.74) is 0. The van der Waals surface area contributed by atoms with Crippen LogP contribution in [0.25, 0.3) is 0 Å².